The van der Waals surface area contributed by atoms with E-state index in [1.165, 1.54) is 0 Å². The van der Waals surface area contributed by atoms with Crippen LogP contribution in [0.5, 0.6) is 0 Å². The maximum Gasteiger partial charge on any atom is 0.137 e. The molecule has 3 heteroatoms. The minimum atomic E-state index is 0.136. The molecular formula is C13H19NO2. The van der Waals surface area contributed by atoms with Gasteiger partial charge in [0.2, 0.25) is 0 Å². The number of carbonyl (C=O) groups excluding carboxylic acids is 2. The fourth-order valence-electron chi connectivity index (χ4n) is 3.75. The highest BCUT2D eigenvalue weighted by molar-refractivity contribution is 5.86. The number of ketones is 2. The summed E-state index contributed by atoms with van der Waals surface area (Å²) in [5, 5.41) is 3.58. The summed E-state index contributed by atoms with van der Waals surface area (Å²) >= 11 is 0. The Morgan fingerprint density at radius 3 is 1.88 bits per heavy atom. The molecule has 88 valence electrons. The molecule has 4 unspecified atom stereocenters. The zero-order chi connectivity index (χ0) is 11.1. The van der Waals surface area contributed by atoms with Gasteiger partial charge in [0.1, 0.15) is 11.6 Å². The van der Waals surface area contributed by atoms with Crippen LogP contribution in [0.2, 0.25) is 0 Å². The lowest BCUT2D eigenvalue weighted by Crippen LogP contribution is -2.58. The van der Waals surface area contributed by atoms with Crippen molar-refractivity contribution in [2.75, 3.05) is 0 Å². The summed E-state index contributed by atoms with van der Waals surface area (Å²) in [5.74, 6) is 1.05. The lowest BCUT2D eigenvalue weighted by atomic mass is 9.68. The average Bonchev–Trinajstić information content (AvgIpc) is 2.28. The van der Waals surface area contributed by atoms with E-state index in [2.05, 4.69) is 5.32 Å². The number of fused-ring (bicyclic) bond motifs is 2. The molecule has 3 aliphatic rings. The van der Waals surface area contributed by atoms with Crippen molar-refractivity contribution >= 4 is 11.6 Å². The molecule has 1 saturated heterocycles. The van der Waals surface area contributed by atoms with Crippen molar-refractivity contribution in [3.8, 4) is 0 Å². The van der Waals surface area contributed by atoms with Crippen molar-refractivity contribution in [3.05, 3.63) is 0 Å². The summed E-state index contributed by atoms with van der Waals surface area (Å²) in [6.07, 6.45) is 6.58. The predicted molar refractivity (Wildman–Crippen MR) is 60.0 cm³/mol. The Balaban J connectivity index is 1.79. The summed E-state index contributed by atoms with van der Waals surface area (Å²) in [4.78, 5) is 23.7. The normalized spacial score (nSPS) is 43.8. The molecule has 0 spiro atoms. The fourth-order valence-corrected chi connectivity index (χ4v) is 3.75. The summed E-state index contributed by atoms with van der Waals surface area (Å²) in [5.41, 5.74) is 0. The number of hydrogen-bond acceptors (Lipinski definition) is 3. The van der Waals surface area contributed by atoms with Crippen LogP contribution < -0.4 is 5.32 Å². The van der Waals surface area contributed by atoms with E-state index in [9.17, 15) is 9.59 Å². The first-order valence-corrected chi connectivity index (χ1v) is 6.57. The summed E-state index contributed by atoms with van der Waals surface area (Å²) in [7, 11) is 0. The first-order valence-electron chi connectivity index (χ1n) is 6.57. The molecule has 3 rings (SSSR count). The van der Waals surface area contributed by atoms with Gasteiger partial charge in [0, 0.05) is 36.8 Å². The van der Waals surface area contributed by atoms with E-state index in [0.29, 0.717) is 23.7 Å². The number of Topliss-reactive ketones (excluding diaryl/α,β-unsaturated/α-hetero) is 2. The van der Waals surface area contributed by atoms with E-state index >= 15 is 0 Å². The van der Waals surface area contributed by atoms with Crippen LogP contribution in [0.4, 0.5) is 0 Å². The number of carbonyl (C=O) groups is 2. The Hall–Kier alpha value is -0.700. The van der Waals surface area contributed by atoms with Crippen LogP contribution in [0.3, 0.4) is 0 Å². The van der Waals surface area contributed by atoms with Crippen molar-refractivity contribution in [2.24, 2.45) is 11.8 Å². The first-order chi connectivity index (χ1) is 7.75. The maximum atomic E-state index is 11.9. The molecule has 0 bridgehead atoms. The number of rotatable bonds is 0. The van der Waals surface area contributed by atoms with Gasteiger partial charge < -0.3 is 5.32 Å². The standard InChI is InChI=1S/C13H19NO2/c15-12-5-1-3-10-8(12)7-9-11(14-10)4-2-6-13(9)16/h8-11,14H,1-7H2. The summed E-state index contributed by atoms with van der Waals surface area (Å²) < 4.78 is 0. The molecule has 0 aromatic heterocycles. The summed E-state index contributed by atoms with van der Waals surface area (Å²) in [6.45, 7) is 0. The summed E-state index contributed by atoms with van der Waals surface area (Å²) in [6, 6.07) is 0.738. The monoisotopic (exact) mass is 221 g/mol. The first kappa shape index (κ1) is 10.5. The lowest BCUT2D eigenvalue weighted by molar-refractivity contribution is -0.133. The van der Waals surface area contributed by atoms with E-state index < -0.39 is 0 Å². The molecular weight excluding hydrogens is 202 g/mol. The number of piperidine rings is 1. The van der Waals surface area contributed by atoms with Crippen LogP contribution >= 0.6 is 0 Å². The van der Waals surface area contributed by atoms with Crippen LogP contribution in [0.25, 0.3) is 0 Å². The Bertz CT molecular complexity index is 296. The molecule has 0 aromatic carbocycles. The van der Waals surface area contributed by atoms with Gasteiger partial charge in [0.25, 0.3) is 0 Å². The van der Waals surface area contributed by atoms with Gasteiger partial charge in [-0.15, -0.1) is 0 Å². The van der Waals surface area contributed by atoms with E-state index in [-0.39, 0.29) is 11.8 Å². The van der Waals surface area contributed by atoms with Crippen molar-refractivity contribution in [1.82, 2.24) is 5.32 Å². The molecule has 1 heterocycles. The van der Waals surface area contributed by atoms with Crippen LogP contribution in [-0.4, -0.2) is 23.7 Å². The largest absolute Gasteiger partial charge is 0.310 e. The third-order valence-corrected chi connectivity index (χ3v) is 4.61. The molecule has 1 N–H and O–H groups in total. The SMILES string of the molecule is O=C1CCCC2NC3CCCC(=O)C3CC12. The Morgan fingerprint density at radius 2 is 1.38 bits per heavy atom. The van der Waals surface area contributed by atoms with Gasteiger partial charge in [-0.05, 0) is 32.1 Å². The molecule has 1 aliphatic heterocycles. The van der Waals surface area contributed by atoms with E-state index in [0.717, 1.165) is 44.9 Å². The second kappa shape index (κ2) is 3.95. The molecule has 4 atom stereocenters. The van der Waals surface area contributed by atoms with Gasteiger partial charge >= 0.3 is 0 Å². The van der Waals surface area contributed by atoms with Crippen molar-refractivity contribution < 1.29 is 9.59 Å². The molecule has 16 heavy (non-hydrogen) atoms. The second-order valence-corrected chi connectivity index (χ2v) is 5.55. The van der Waals surface area contributed by atoms with Crippen molar-refractivity contribution in [2.45, 2.75) is 57.0 Å². The van der Waals surface area contributed by atoms with Crippen LogP contribution in [0.1, 0.15) is 44.9 Å². The Morgan fingerprint density at radius 1 is 0.875 bits per heavy atom. The van der Waals surface area contributed by atoms with E-state index in [4.69, 9.17) is 0 Å². The molecule has 0 amide bonds. The van der Waals surface area contributed by atoms with Gasteiger partial charge in [-0.3, -0.25) is 9.59 Å². The second-order valence-electron chi connectivity index (χ2n) is 5.55. The topological polar surface area (TPSA) is 46.2 Å². The van der Waals surface area contributed by atoms with Crippen molar-refractivity contribution in [1.29, 1.82) is 0 Å². The molecule has 0 radical (unpaired) electrons. The van der Waals surface area contributed by atoms with Crippen LogP contribution in [0.15, 0.2) is 0 Å². The lowest BCUT2D eigenvalue weighted by Gasteiger charge is -2.45. The third-order valence-electron chi connectivity index (χ3n) is 4.61. The molecule has 0 aromatic rings. The Labute approximate surface area is 96.0 Å². The molecule has 3 nitrogen and oxygen atoms in total. The number of nitrogens with one attached hydrogen (secondary N) is 1. The van der Waals surface area contributed by atoms with Crippen LogP contribution in [0, 0.1) is 11.8 Å². The zero-order valence-corrected chi connectivity index (χ0v) is 9.58. The van der Waals surface area contributed by atoms with Crippen LogP contribution in [-0.2, 0) is 9.59 Å². The zero-order valence-electron chi connectivity index (χ0n) is 9.58. The maximum absolute atomic E-state index is 11.9. The molecule has 2 aliphatic carbocycles. The Kier molecular flexibility index (Phi) is 2.58. The third kappa shape index (κ3) is 1.61. The van der Waals surface area contributed by atoms with Gasteiger partial charge in [0.15, 0.2) is 0 Å². The minimum absolute atomic E-state index is 0.136. The molecule has 3 fully saturated rings. The highest BCUT2D eigenvalue weighted by atomic mass is 16.1. The smallest absolute Gasteiger partial charge is 0.137 e. The number of hydrogen-bond donors (Lipinski definition) is 1. The van der Waals surface area contributed by atoms with Gasteiger partial charge in [-0.1, -0.05) is 0 Å². The predicted octanol–water partition coefficient (Wildman–Crippen LogP) is 1.46. The minimum Gasteiger partial charge on any atom is -0.310 e. The van der Waals surface area contributed by atoms with Gasteiger partial charge in [-0.25, -0.2) is 0 Å². The highest BCUT2D eigenvalue weighted by Crippen LogP contribution is 2.37. The van der Waals surface area contributed by atoms with Crippen molar-refractivity contribution in [3.63, 3.8) is 0 Å². The van der Waals surface area contributed by atoms with E-state index in [1.807, 2.05) is 0 Å². The fraction of sp³-hybridized carbons (Fsp3) is 0.846. The van der Waals surface area contributed by atoms with E-state index in [1.54, 1.807) is 0 Å². The van der Waals surface area contributed by atoms with Gasteiger partial charge in [-0.2, -0.15) is 0 Å². The quantitative estimate of drug-likeness (QED) is 0.673. The van der Waals surface area contributed by atoms with Gasteiger partial charge in [0.05, 0.1) is 0 Å². The molecule has 2 saturated carbocycles. The average molecular weight is 221 g/mol. The highest BCUT2D eigenvalue weighted by Gasteiger charge is 2.44.